The second-order valence-corrected chi connectivity index (χ2v) is 26.6. The van der Waals surface area contributed by atoms with Crippen molar-refractivity contribution in [2.45, 2.75) is 77.2 Å². The maximum absolute atomic E-state index is 15.8. The molecule has 77 heavy (non-hydrogen) atoms. The van der Waals surface area contributed by atoms with E-state index in [-0.39, 0.29) is 16.6 Å². The second kappa shape index (κ2) is 23.3. The quantitative estimate of drug-likeness (QED) is 0.0516. The molecule has 0 bridgehead atoms. The molecule has 6 aromatic rings. The molecule has 14 nitrogen and oxygen atoms in total. The Morgan fingerprint density at radius 3 is 2.00 bits per heavy atom. The van der Waals surface area contributed by atoms with E-state index in [1.807, 2.05) is 58.5 Å². The highest BCUT2D eigenvalue weighted by Crippen LogP contribution is 2.45. The number of piperazine rings is 1. The van der Waals surface area contributed by atoms with Gasteiger partial charge in [-0.15, -0.1) is 11.8 Å². The number of rotatable bonds is 19. The summed E-state index contributed by atoms with van der Waals surface area (Å²) in [5, 5.41) is 12.9. The van der Waals surface area contributed by atoms with E-state index in [9.17, 15) is 48.3 Å². The maximum atomic E-state index is 15.8. The van der Waals surface area contributed by atoms with Gasteiger partial charge in [0.15, 0.2) is 9.84 Å². The third-order valence-electron chi connectivity index (χ3n) is 13.8. The van der Waals surface area contributed by atoms with Gasteiger partial charge in [-0.25, -0.2) is 29.6 Å². The molecule has 0 saturated carbocycles. The molecule has 412 valence electrons. The number of nitrogens with zero attached hydrogens (tertiary/aromatic N) is 4. The lowest BCUT2D eigenvalue weighted by molar-refractivity contribution is -0.143. The van der Waals surface area contributed by atoms with Crippen LogP contribution in [0.25, 0.3) is 22.4 Å². The molecule has 2 aliphatic rings. The van der Waals surface area contributed by atoms with E-state index in [0.717, 1.165) is 23.3 Å². The molecule has 1 atom stereocenters. The van der Waals surface area contributed by atoms with Crippen molar-refractivity contribution in [2.75, 3.05) is 77.7 Å². The van der Waals surface area contributed by atoms with Crippen molar-refractivity contribution in [3.05, 3.63) is 132 Å². The molecule has 5 aromatic carbocycles. The molecule has 1 unspecified atom stereocenters. The van der Waals surface area contributed by atoms with E-state index in [0.29, 0.717) is 121 Å². The van der Waals surface area contributed by atoms with Crippen LogP contribution < -0.4 is 19.8 Å². The van der Waals surface area contributed by atoms with Gasteiger partial charge in [-0.3, -0.25) is 9.52 Å². The summed E-state index contributed by atoms with van der Waals surface area (Å²) in [6, 6.07) is 28.9. The largest absolute Gasteiger partial charge is 0.501 e. The summed E-state index contributed by atoms with van der Waals surface area (Å²) in [5.74, 6) is -1.58. The maximum Gasteiger partial charge on any atom is 0.501 e. The Hall–Kier alpha value is -5.78. The monoisotopic (exact) mass is 1160 g/mol. The van der Waals surface area contributed by atoms with Crippen LogP contribution in [0.2, 0.25) is 5.02 Å². The van der Waals surface area contributed by atoms with Gasteiger partial charge in [0.05, 0.1) is 27.1 Å². The van der Waals surface area contributed by atoms with E-state index in [4.69, 9.17) is 11.6 Å². The van der Waals surface area contributed by atoms with Crippen molar-refractivity contribution >= 4 is 81.8 Å². The van der Waals surface area contributed by atoms with Gasteiger partial charge >= 0.3 is 11.5 Å². The SMILES string of the molecule is Cc1c(S(C)(=O)=O)c(-c2cc(F)cc(N3CCN(c4ccc(NS(=O)(=O)c5ccc(NC(CCN6CCC(C(=O)O)CC6)CSc6ccccc6)c(S(=O)(=O)C(F)(F)F)c5)cc4)CC3)c2)c(-c2ccc(Cl)cc2)n1C(C)C. The Bertz CT molecular complexity index is 3440. The standard InChI is InChI=1S/C54H59ClF4N6O8S4/c1-35(2)65-36(3)52(75(4,68)69)50(51(65)37-10-12-40(55)13-11-37)39-30-41(56)32-45(31-39)64-28-26-63(27-29-64)44-16-14-42(15-17-44)61-77(72,73)47-18-19-48(49(33-47)76(70,71)54(57,58)59)60-43(34-74-46-8-6-5-7-9-46)22-25-62-23-20-38(21-24-62)53(66)67/h5-19,30-33,35,38,43,60-61H,20-29,34H2,1-4H3,(H,66,67). The third kappa shape index (κ3) is 13.2. The molecule has 2 saturated heterocycles. The van der Waals surface area contributed by atoms with Crippen LogP contribution in [-0.2, 0) is 34.5 Å². The molecule has 0 spiro atoms. The van der Waals surface area contributed by atoms with Gasteiger partial charge in [0.2, 0.25) is 0 Å². The van der Waals surface area contributed by atoms with Crippen LogP contribution in [-0.4, -0.2) is 115 Å². The Balaban J connectivity index is 0.982. The lowest BCUT2D eigenvalue weighted by Gasteiger charge is -2.37. The molecule has 23 heteroatoms. The Morgan fingerprint density at radius 1 is 0.792 bits per heavy atom. The van der Waals surface area contributed by atoms with Gasteiger partial charge in [-0.05, 0) is 149 Å². The number of carbonyl (C=O) groups is 1. The number of sulfone groups is 2. The molecule has 2 fully saturated rings. The number of carboxylic acids is 1. The first kappa shape index (κ1) is 57.4. The second-order valence-electron chi connectivity index (χ2n) is 19.5. The van der Waals surface area contributed by atoms with Crippen molar-refractivity contribution in [3.8, 4) is 22.4 Å². The summed E-state index contributed by atoms with van der Waals surface area (Å²) in [6.45, 7) is 8.87. The fourth-order valence-electron chi connectivity index (χ4n) is 10.0. The summed E-state index contributed by atoms with van der Waals surface area (Å²) in [5.41, 5.74) is -2.26. The highest BCUT2D eigenvalue weighted by molar-refractivity contribution is 7.99. The first-order chi connectivity index (χ1) is 36.3. The van der Waals surface area contributed by atoms with Crippen LogP contribution in [0.1, 0.15) is 44.8 Å². The normalized spacial score (nSPS) is 15.7. The number of likely N-dealkylation sites (tertiary alicyclic amines) is 1. The van der Waals surface area contributed by atoms with Crippen molar-refractivity contribution in [3.63, 3.8) is 0 Å². The zero-order valence-corrected chi connectivity index (χ0v) is 46.6. The molecule has 3 N–H and O–H groups in total. The molecule has 1 aromatic heterocycles. The number of hydrogen-bond acceptors (Lipinski definition) is 12. The topological polar surface area (TPSA) is 178 Å². The summed E-state index contributed by atoms with van der Waals surface area (Å²) < 4.78 is 144. The zero-order chi connectivity index (χ0) is 55.6. The van der Waals surface area contributed by atoms with Crippen LogP contribution in [0.5, 0.6) is 0 Å². The first-order valence-electron chi connectivity index (χ1n) is 24.8. The van der Waals surface area contributed by atoms with Crippen LogP contribution >= 0.6 is 23.4 Å². The van der Waals surface area contributed by atoms with Crippen molar-refractivity contribution in [2.24, 2.45) is 5.92 Å². The van der Waals surface area contributed by atoms with E-state index < -0.39 is 74.4 Å². The predicted molar refractivity (Wildman–Crippen MR) is 296 cm³/mol. The number of anilines is 4. The molecule has 8 rings (SSSR count). The van der Waals surface area contributed by atoms with Crippen LogP contribution in [0.3, 0.4) is 0 Å². The van der Waals surface area contributed by atoms with Crippen LogP contribution in [0.15, 0.2) is 135 Å². The number of thioether (sulfide) groups is 1. The number of piperidine rings is 1. The molecule has 2 aliphatic heterocycles. The van der Waals surface area contributed by atoms with Crippen molar-refractivity contribution in [1.29, 1.82) is 0 Å². The predicted octanol–water partition coefficient (Wildman–Crippen LogP) is 11.1. The molecule has 0 aliphatic carbocycles. The summed E-state index contributed by atoms with van der Waals surface area (Å²) in [7, 11) is -14.6. The molecule has 0 radical (unpaired) electrons. The highest BCUT2D eigenvalue weighted by Gasteiger charge is 2.48. The van der Waals surface area contributed by atoms with E-state index in [2.05, 4.69) is 14.9 Å². The Morgan fingerprint density at radius 2 is 1.42 bits per heavy atom. The summed E-state index contributed by atoms with van der Waals surface area (Å²) in [4.78, 5) is 16.6. The van der Waals surface area contributed by atoms with Gasteiger partial charge < -0.3 is 29.7 Å². The average Bonchev–Trinajstić information content (AvgIpc) is 3.80. The Kier molecular flexibility index (Phi) is 17.4. The van der Waals surface area contributed by atoms with Crippen molar-refractivity contribution < 1.29 is 52.7 Å². The van der Waals surface area contributed by atoms with Gasteiger partial charge in [0.25, 0.3) is 19.9 Å². The minimum Gasteiger partial charge on any atom is -0.481 e. The Labute approximate surface area is 456 Å². The number of aliphatic carboxylic acids is 1. The summed E-state index contributed by atoms with van der Waals surface area (Å²) in [6.07, 6.45) is 2.37. The van der Waals surface area contributed by atoms with Gasteiger partial charge in [0, 0.05) is 95.1 Å². The molecule has 0 amide bonds. The number of carboxylic acid groups (broad SMARTS) is 1. The smallest absolute Gasteiger partial charge is 0.481 e. The zero-order valence-electron chi connectivity index (χ0n) is 42.6. The number of halogens is 5. The number of sulfonamides is 1. The van der Waals surface area contributed by atoms with E-state index in [1.54, 1.807) is 49.4 Å². The van der Waals surface area contributed by atoms with E-state index in [1.165, 1.54) is 36.0 Å². The lowest BCUT2D eigenvalue weighted by Crippen LogP contribution is -2.46. The fourth-order valence-corrected chi connectivity index (χ4v) is 14.5. The van der Waals surface area contributed by atoms with Gasteiger partial charge in [-0.2, -0.15) is 13.2 Å². The third-order valence-corrected chi connectivity index (χ3v) is 19.4. The van der Waals surface area contributed by atoms with Crippen LogP contribution in [0.4, 0.5) is 40.3 Å². The van der Waals surface area contributed by atoms with E-state index >= 15 is 4.39 Å². The molecule has 3 heterocycles. The molecular formula is C54H59ClF4N6O8S4. The number of alkyl halides is 3. The first-order valence-corrected chi connectivity index (χ1v) is 31.0. The number of hydrogen-bond donors (Lipinski definition) is 3. The number of nitrogens with one attached hydrogen (secondary N) is 2. The average molecular weight is 1160 g/mol. The van der Waals surface area contributed by atoms with Gasteiger partial charge in [0.1, 0.15) is 10.7 Å². The van der Waals surface area contributed by atoms with Gasteiger partial charge in [-0.1, -0.05) is 41.9 Å². The minimum atomic E-state index is -6.09. The number of aromatic nitrogens is 1. The van der Waals surface area contributed by atoms with Crippen LogP contribution in [0, 0.1) is 18.7 Å². The summed E-state index contributed by atoms with van der Waals surface area (Å²) >= 11 is 7.65. The number of benzene rings is 5. The fraction of sp³-hybridized carbons (Fsp3) is 0.352. The minimum absolute atomic E-state index is 0.0560. The lowest BCUT2D eigenvalue weighted by atomic mass is 9.97. The molecular weight excluding hydrogens is 1100 g/mol. The highest BCUT2D eigenvalue weighted by atomic mass is 35.5. The van der Waals surface area contributed by atoms with Crippen molar-refractivity contribution in [1.82, 2.24) is 9.47 Å².